The van der Waals surface area contributed by atoms with Gasteiger partial charge in [-0.25, -0.2) is 8.78 Å². The van der Waals surface area contributed by atoms with Gasteiger partial charge in [0.1, 0.15) is 0 Å². The van der Waals surface area contributed by atoms with Crippen molar-refractivity contribution in [2.45, 2.75) is 45.6 Å². The quantitative estimate of drug-likeness (QED) is 0.599. The molecule has 1 nitrogen and oxygen atoms in total. The highest BCUT2D eigenvalue weighted by Crippen LogP contribution is 2.46. The van der Waals surface area contributed by atoms with E-state index in [1.807, 2.05) is 20.8 Å². The maximum absolute atomic E-state index is 13.4. The Hall–Kier alpha value is -0.180. The lowest BCUT2D eigenvalue weighted by Crippen LogP contribution is -2.58. The molecule has 0 amide bonds. The van der Waals surface area contributed by atoms with Crippen LogP contribution in [0, 0.1) is 5.41 Å². The van der Waals surface area contributed by atoms with E-state index in [1.165, 1.54) is 0 Å². The molecule has 1 fully saturated rings. The Kier molecular flexibility index (Phi) is 1.99. The molecule has 1 heterocycles. The van der Waals surface area contributed by atoms with Gasteiger partial charge in [-0.3, -0.25) is 0 Å². The summed E-state index contributed by atoms with van der Waals surface area (Å²) in [6, 6.07) is 0. The van der Waals surface area contributed by atoms with E-state index in [9.17, 15) is 8.78 Å². The van der Waals surface area contributed by atoms with E-state index in [4.69, 9.17) is 0 Å². The van der Waals surface area contributed by atoms with Gasteiger partial charge < -0.3 is 5.32 Å². The van der Waals surface area contributed by atoms with Crippen molar-refractivity contribution < 1.29 is 8.78 Å². The van der Waals surface area contributed by atoms with Gasteiger partial charge in [0.25, 0.3) is 5.92 Å². The Balaban J connectivity index is 2.98. The SMILES string of the molecule is CC(C)(C)C1(C)NCCC1(F)F. The fourth-order valence-corrected chi connectivity index (χ4v) is 1.66. The van der Waals surface area contributed by atoms with E-state index < -0.39 is 16.9 Å². The smallest absolute Gasteiger partial charge is 0.267 e. The third-order valence-corrected chi connectivity index (χ3v) is 3.15. The number of nitrogens with one attached hydrogen (secondary N) is 1. The van der Waals surface area contributed by atoms with Crippen LogP contribution in [0.25, 0.3) is 0 Å². The van der Waals surface area contributed by atoms with Crippen LogP contribution >= 0.6 is 0 Å². The van der Waals surface area contributed by atoms with Gasteiger partial charge in [-0.2, -0.15) is 0 Å². The van der Waals surface area contributed by atoms with Gasteiger partial charge in [0.15, 0.2) is 0 Å². The summed E-state index contributed by atoms with van der Waals surface area (Å²) in [6.45, 7) is 7.57. The Morgan fingerprint density at radius 2 is 1.75 bits per heavy atom. The molecule has 1 aliphatic rings. The number of hydrogen-bond acceptors (Lipinski definition) is 1. The van der Waals surface area contributed by atoms with Crippen molar-refractivity contribution in [2.75, 3.05) is 6.54 Å². The number of halogens is 2. The average molecular weight is 177 g/mol. The lowest BCUT2D eigenvalue weighted by atomic mass is 9.72. The highest BCUT2D eigenvalue weighted by atomic mass is 19.3. The zero-order valence-corrected chi connectivity index (χ0v) is 8.17. The van der Waals surface area contributed by atoms with Gasteiger partial charge in [0, 0.05) is 13.0 Å². The van der Waals surface area contributed by atoms with Crippen molar-refractivity contribution in [3.8, 4) is 0 Å². The van der Waals surface area contributed by atoms with Gasteiger partial charge in [-0.1, -0.05) is 20.8 Å². The molecule has 0 saturated carbocycles. The first-order valence-electron chi connectivity index (χ1n) is 4.34. The second kappa shape index (κ2) is 2.41. The summed E-state index contributed by atoms with van der Waals surface area (Å²) in [6.07, 6.45) is -0.0409. The largest absolute Gasteiger partial charge is 0.306 e. The summed E-state index contributed by atoms with van der Waals surface area (Å²) in [5.74, 6) is -2.58. The first kappa shape index (κ1) is 9.90. The molecule has 72 valence electrons. The van der Waals surface area contributed by atoms with Crippen molar-refractivity contribution >= 4 is 0 Å². The van der Waals surface area contributed by atoms with Crippen molar-refractivity contribution in [2.24, 2.45) is 5.41 Å². The van der Waals surface area contributed by atoms with Crippen molar-refractivity contribution in [3.05, 3.63) is 0 Å². The van der Waals surface area contributed by atoms with Crippen LogP contribution < -0.4 is 5.32 Å². The van der Waals surface area contributed by atoms with Crippen LogP contribution in [0.4, 0.5) is 8.78 Å². The molecule has 12 heavy (non-hydrogen) atoms. The third kappa shape index (κ3) is 1.15. The summed E-state index contributed by atoms with van der Waals surface area (Å²) in [5, 5.41) is 2.91. The predicted octanol–water partition coefficient (Wildman–Crippen LogP) is 2.42. The molecule has 0 spiro atoms. The second-order valence-corrected chi connectivity index (χ2v) is 4.76. The highest BCUT2D eigenvalue weighted by molar-refractivity contribution is 5.08. The standard InChI is InChI=1S/C9H17F2N/c1-7(2,3)8(4)9(10,11)5-6-12-8/h12H,5-6H2,1-4H3. The van der Waals surface area contributed by atoms with E-state index >= 15 is 0 Å². The molecule has 0 aliphatic carbocycles. The summed E-state index contributed by atoms with van der Waals surface area (Å²) < 4.78 is 26.9. The minimum Gasteiger partial charge on any atom is -0.306 e. The second-order valence-electron chi connectivity index (χ2n) is 4.76. The number of rotatable bonds is 0. The molecule has 1 rings (SSSR count). The van der Waals surface area contributed by atoms with Crippen LogP contribution in [0.1, 0.15) is 34.1 Å². The molecule has 1 unspecified atom stereocenters. The van der Waals surface area contributed by atoms with Crippen LogP contribution in [0.3, 0.4) is 0 Å². The minimum absolute atomic E-state index is 0.0409. The molecular weight excluding hydrogens is 160 g/mol. The molecule has 1 N–H and O–H groups in total. The molecule has 0 aromatic heterocycles. The normalized spacial score (nSPS) is 35.5. The zero-order chi connectivity index (χ0) is 9.62. The number of alkyl halides is 2. The molecular formula is C9H17F2N. The van der Waals surface area contributed by atoms with Crippen LogP contribution in [0.5, 0.6) is 0 Å². The average Bonchev–Trinajstić information content (AvgIpc) is 2.07. The van der Waals surface area contributed by atoms with Crippen LogP contribution in [-0.2, 0) is 0 Å². The lowest BCUT2D eigenvalue weighted by Gasteiger charge is -2.42. The van der Waals surface area contributed by atoms with E-state index in [0.29, 0.717) is 6.54 Å². The van der Waals surface area contributed by atoms with Gasteiger partial charge >= 0.3 is 0 Å². The number of hydrogen-bond donors (Lipinski definition) is 1. The first-order valence-corrected chi connectivity index (χ1v) is 4.34. The predicted molar refractivity (Wildman–Crippen MR) is 45.4 cm³/mol. The van der Waals surface area contributed by atoms with E-state index in [1.54, 1.807) is 6.92 Å². The molecule has 1 saturated heterocycles. The maximum Gasteiger partial charge on any atom is 0.267 e. The lowest BCUT2D eigenvalue weighted by molar-refractivity contribution is -0.0956. The van der Waals surface area contributed by atoms with Crippen LogP contribution in [0.15, 0.2) is 0 Å². The molecule has 0 radical (unpaired) electrons. The molecule has 0 aromatic carbocycles. The maximum atomic E-state index is 13.4. The van der Waals surface area contributed by atoms with Gasteiger partial charge in [-0.15, -0.1) is 0 Å². The third-order valence-electron chi connectivity index (χ3n) is 3.15. The molecule has 1 aliphatic heterocycles. The van der Waals surface area contributed by atoms with Gasteiger partial charge in [-0.05, 0) is 12.3 Å². The zero-order valence-electron chi connectivity index (χ0n) is 8.17. The molecule has 1 atom stereocenters. The Bertz CT molecular complexity index is 183. The van der Waals surface area contributed by atoms with E-state index in [2.05, 4.69) is 5.32 Å². The summed E-state index contributed by atoms with van der Waals surface area (Å²) in [5.41, 5.74) is -1.47. The molecule has 0 aromatic rings. The topological polar surface area (TPSA) is 12.0 Å². The summed E-state index contributed by atoms with van der Waals surface area (Å²) in [4.78, 5) is 0. The van der Waals surface area contributed by atoms with E-state index in [0.717, 1.165) is 0 Å². The first-order chi connectivity index (χ1) is 5.21. The minimum atomic E-state index is -2.58. The highest BCUT2D eigenvalue weighted by Gasteiger charge is 2.59. The van der Waals surface area contributed by atoms with Crippen LogP contribution in [0.2, 0.25) is 0 Å². The summed E-state index contributed by atoms with van der Waals surface area (Å²) >= 11 is 0. The molecule has 0 bridgehead atoms. The van der Waals surface area contributed by atoms with Crippen LogP contribution in [-0.4, -0.2) is 18.0 Å². The fraction of sp³-hybridized carbons (Fsp3) is 1.00. The molecule has 3 heteroatoms. The monoisotopic (exact) mass is 177 g/mol. The summed E-state index contributed by atoms with van der Waals surface area (Å²) in [7, 11) is 0. The fourth-order valence-electron chi connectivity index (χ4n) is 1.66. The van der Waals surface area contributed by atoms with Crippen molar-refractivity contribution in [1.29, 1.82) is 0 Å². The van der Waals surface area contributed by atoms with Gasteiger partial charge in [0.05, 0.1) is 5.54 Å². The van der Waals surface area contributed by atoms with E-state index in [-0.39, 0.29) is 6.42 Å². The van der Waals surface area contributed by atoms with Crippen molar-refractivity contribution in [3.63, 3.8) is 0 Å². The Morgan fingerprint density at radius 3 is 1.92 bits per heavy atom. The van der Waals surface area contributed by atoms with Gasteiger partial charge in [0.2, 0.25) is 0 Å². The Labute approximate surface area is 72.5 Å². The van der Waals surface area contributed by atoms with Crippen molar-refractivity contribution in [1.82, 2.24) is 5.32 Å². The Morgan fingerprint density at radius 1 is 1.25 bits per heavy atom.